The Morgan fingerprint density at radius 1 is 1.40 bits per heavy atom. The van der Waals surface area contributed by atoms with Crippen LogP contribution in [0.3, 0.4) is 0 Å². The smallest absolute Gasteiger partial charge is 0.241 e. The van der Waals surface area contributed by atoms with Gasteiger partial charge in [-0.1, -0.05) is 25.1 Å². The van der Waals surface area contributed by atoms with Crippen LogP contribution in [-0.2, 0) is 9.59 Å². The van der Waals surface area contributed by atoms with Crippen molar-refractivity contribution in [2.45, 2.75) is 26.2 Å². The quantitative estimate of drug-likeness (QED) is 0.700. The third-order valence-electron chi connectivity index (χ3n) is 2.79. The molecule has 0 aliphatic carbocycles. The monoisotopic (exact) mass is 203 g/mol. The van der Waals surface area contributed by atoms with Crippen molar-refractivity contribution >= 4 is 17.5 Å². The number of rotatable bonds is 1. The molecule has 2 rings (SSSR count). The molecule has 2 amide bonds. The zero-order chi connectivity index (χ0) is 11.0. The number of para-hydroxylation sites is 1. The first kappa shape index (κ1) is 9.90. The normalized spacial score (nSPS) is 19.2. The average molecular weight is 203 g/mol. The molecule has 0 saturated heterocycles. The van der Waals surface area contributed by atoms with Gasteiger partial charge in [0.1, 0.15) is 0 Å². The van der Waals surface area contributed by atoms with Gasteiger partial charge in [0.05, 0.1) is 11.6 Å². The highest BCUT2D eigenvalue weighted by atomic mass is 16.2. The van der Waals surface area contributed by atoms with E-state index >= 15 is 0 Å². The van der Waals surface area contributed by atoms with Crippen LogP contribution in [0.15, 0.2) is 24.3 Å². The van der Waals surface area contributed by atoms with Crippen LogP contribution in [0.25, 0.3) is 0 Å². The Bertz CT molecular complexity index is 425. The van der Waals surface area contributed by atoms with Gasteiger partial charge in [0, 0.05) is 6.92 Å². The molecule has 0 unspecified atom stereocenters. The molecule has 1 aromatic rings. The number of carbonyl (C=O) groups is 2. The number of imide groups is 1. The maximum Gasteiger partial charge on any atom is 0.241 e. The topological polar surface area (TPSA) is 37.4 Å². The van der Waals surface area contributed by atoms with Crippen molar-refractivity contribution in [3.63, 3.8) is 0 Å². The summed E-state index contributed by atoms with van der Waals surface area (Å²) in [6.45, 7) is 3.38. The molecule has 1 aliphatic heterocycles. The van der Waals surface area contributed by atoms with Crippen molar-refractivity contribution < 1.29 is 9.59 Å². The van der Waals surface area contributed by atoms with Gasteiger partial charge in [-0.05, 0) is 18.1 Å². The molecule has 1 aromatic carbocycles. The van der Waals surface area contributed by atoms with E-state index in [1.165, 1.54) is 11.8 Å². The molecule has 0 spiro atoms. The van der Waals surface area contributed by atoms with Gasteiger partial charge < -0.3 is 0 Å². The van der Waals surface area contributed by atoms with E-state index in [1.54, 1.807) is 0 Å². The minimum atomic E-state index is -0.205. The van der Waals surface area contributed by atoms with Gasteiger partial charge in [0.2, 0.25) is 11.8 Å². The summed E-state index contributed by atoms with van der Waals surface area (Å²) in [6.07, 6.45) is 0.736. The maximum absolute atomic E-state index is 11.9. The number of benzene rings is 1. The molecule has 0 radical (unpaired) electrons. The van der Waals surface area contributed by atoms with Crippen LogP contribution >= 0.6 is 0 Å². The van der Waals surface area contributed by atoms with Crippen LogP contribution in [0.1, 0.15) is 31.7 Å². The van der Waals surface area contributed by atoms with Gasteiger partial charge in [-0.25, -0.2) is 4.90 Å². The Labute approximate surface area is 88.7 Å². The van der Waals surface area contributed by atoms with E-state index in [0.717, 1.165) is 17.7 Å². The van der Waals surface area contributed by atoms with E-state index in [4.69, 9.17) is 0 Å². The lowest BCUT2D eigenvalue weighted by Crippen LogP contribution is -2.32. The molecular weight excluding hydrogens is 190 g/mol. The highest BCUT2D eigenvalue weighted by Gasteiger charge is 2.37. The SMILES string of the molecule is CC[C@H]1C(=O)N(C(C)=O)c2ccccc21. The van der Waals surface area contributed by atoms with Crippen LogP contribution in [0, 0.1) is 0 Å². The van der Waals surface area contributed by atoms with Crippen LogP contribution in [0.5, 0.6) is 0 Å². The molecule has 0 fully saturated rings. The van der Waals surface area contributed by atoms with E-state index in [2.05, 4.69) is 0 Å². The van der Waals surface area contributed by atoms with Gasteiger partial charge in [0.25, 0.3) is 0 Å². The maximum atomic E-state index is 11.9. The van der Waals surface area contributed by atoms with Crippen LogP contribution in [-0.4, -0.2) is 11.8 Å². The molecule has 1 aliphatic rings. The minimum Gasteiger partial charge on any atom is -0.274 e. The molecule has 0 saturated carbocycles. The standard InChI is InChI=1S/C12H13NO2/c1-3-9-10-6-4-5-7-11(10)13(8(2)14)12(9)15/h4-7,9H,3H2,1-2H3/t9-/m1/s1. The van der Waals surface area contributed by atoms with E-state index in [1.807, 2.05) is 31.2 Å². The first-order valence-corrected chi connectivity index (χ1v) is 5.10. The number of anilines is 1. The summed E-state index contributed by atoms with van der Waals surface area (Å²) in [5.41, 5.74) is 1.72. The summed E-state index contributed by atoms with van der Waals surface area (Å²) in [5.74, 6) is -0.445. The number of nitrogens with zero attached hydrogens (tertiary/aromatic N) is 1. The molecule has 15 heavy (non-hydrogen) atoms. The second kappa shape index (κ2) is 3.50. The van der Waals surface area contributed by atoms with E-state index in [-0.39, 0.29) is 17.7 Å². The molecule has 78 valence electrons. The fourth-order valence-corrected chi connectivity index (χ4v) is 2.11. The molecule has 3 nitrogen and oxygen atoms in total. The lowest BCUT2D eigenvalue weighted by molar-refractivity contribution is -0.125. The Morgan fingerprint density at radius 2 is 2.07 bits per heavy atom. The largest absolute Gasteiger partial charge is 0.274 e. The molecule has 1 atom stereocenters. The van der Waals surface area contributed by atoms with Crippen molar-refractivity contribution in [2.75, 3.05) is 4.90 Å². The first-order chi connectivity index (χ1) is 7.16. The van der Waals surface area contributed by atoms with Crippen molar-refractivity contribution in [2.24, 2.45) is 0 Å². The van der Waals surface area contributed by atoms with Crippen molar-refractivity contribution in [3.05, 3.63) is 29.8 Å². The van der Waals surface area contributed by atoms with Crippen LogP contribution < -0.4 is 4.90 Å². The summed E-state index contributed by atoms with van der Waals surface area (Å²) in [4.78, 5) is 24.6. The van der Waals surface area contributed by atoms with Gasteiger partial charge in [-0.3, -0.25) is 9.59 Å². The first-order valence-electron chi connectivity index (χ1n) is 5.10. The number of hydrogen-bond acceptors (Lipinski definition) is 2. The second-order valence-corrected chi connectivity index (χ2v) is 3.71. The zero-order valence-corrected chi connectivity index (χ0v) is 8.86. The van der Waals surface area contributed by atoms with Gasteiger partial charge in [0.15, 0.2) is 0 Å². The number of carbonyl (C=O) groups excluding carboxylic acids is 2. The lowest BCUT2D eigenvalue weighted by atomic mass is 9.98. The fourth-order valence-electron chi connectivity index (χ4n) is 2.11. The summed E-state index contributed by atoms with van der Waals surface area (Å²) in [5, 5.41) is 0. The molecule has 3 heteroatoms. The van der Waals surface area contributed by atoms with Crippen molar-refractivity contribution in [3.8, 4) is 0 Å². The van der Waals surface area contributed by atoms with Gasteiger partial charge in [-0.2, -0.15) is 0 Å². The van der Waals surface area contributed by atoms with Gasteiger partial charge >= 0.3 is 0 Å². The average Bonchev–Trinajstić information content (AvgIpc) is 2.49. The molecule has 0 N–H and O–H groups in total. The van der Waals surface area contributed by atoms with E-state index in [0.29, 0.717) is 0 Å². The zero-order valence-electron chi connectivity index (χ0n) is 8.86. The number of hydrogen-bond donors (Lipinski definition) is 0. The van der Waals surface area contributed by atoms with Crippen molar-refractivity contribution in [1.29, 1.82) is 0 Å². The fraction of sp³-hybridized carbons (Fsp3) is 0.333. The van der Waals surface area contributed by atoms with E-state index in [9.17, 15) is 9.59 Å². The predicted molar refractivity (Wildman–Crippen MR) is 57.6 cm³/mol. The Morgan fingerprint density at radius 3 is 2.67 bits per heavy atom. The Hall–Kier alpha value is -1.64. The van der Waals surface area contributed by atoms with Crippen molar-refractivity contribution in [1.82, 2.24) is 0 Å². The summed E-state index contributed by atoms with van der Waals surface area (Å²) >= 11 is 0. The Balaban J connectivity index is 2.56. The summed E-state index contributed by atoms with van der Waals surface area (Å²) in [6, 6.07) is 7.49. The molecule has 1 heterocycles. The number of amides is 2. The van der Waals surface area contributed by atoms with E-state index < -0.39 is 0 Å². The third-order valence-corrected chi connectivity index (χ3v) is 2.79. The van der Waals surface area contributed by atoms with Gasteiger partial charge in [-0.15, -0.1) is 0 Å². The molecule has 0 aromatic heterocycles. The minimum absolute atomic E-state index is 0.0915. The third kappa shape index (κ3) is 1.35. The highest BCUT2D eigenvalue weighted by Crippen LogP contribution is 2.38. The van der Waals surface area contributed by atoms with Crippen LogP contribution in [0.2, 0.25) is 0 Å². The van der Waals surface area contributed by atoms with Crippen LogP contribution in [0.4, 0.5) is 5.69 Å². The molecular formula is C12H13NO2. The molecule has 0 bridgehead atoms. The predicted octanol–water partition coefficient (Wildman–Crippen LogP) is 2.07. The summed E-state index contributed by atoms with van der Waals surface area (Å²) < 4.78 is 0. The number of fused-ring (bicyclic) bond motifs is 1. The highest BCUT2D eigenvalue weighted by molar-refractivity contribution is 6.20. The Kier molecular flexibility index (Phi) is 2.31. The second-order valence-electron chi connectivity index (χ2n) is 3.71. The lowest BCUT2D eigenvalue weighted by Gasteiger charge is -2.12. The summed E-state index contributed by atoms with van der Waals surface area (Å²) in [7, 11) is 0.